The molecule has 0 aliphatic carbocycles. The maximum atomic E-state index is 14.0. The minimum atomic E-state index is -4.20. The quantitative estimate of drug-likeness (QED) is 0.250. The van der Waals surface area contributed by atoms with Gasteiger partial charge in [-0.1, -0.05) is 75.9 Å². The van der Waals surface area contributed by atoms with Gasteiger partial charge in [-0.05, 0) is 75.2 Å². The molecule has 3 rings (SSSR count). The zero-order valence-corrected chi connectivity index (χ0v) is 26.6. The first-order valence-electron chi connectivity index (χ1n) is 12.7. The molecule has 214 valence electrons. The lowest BCUT2D eigenvalue weighted by atomic mass is 10.1. The molecule has 2 atom stereocenters. The first kappa shape index (κ1) is 31.9. The zero-order chi connectivity index (χ0) is 29.6. The third-order valence-electron chi connectivity index (χ3n) is 6.51. The summed E-state index contributed by atoms with van der Waals surface area (Å²) < 4.78 is 29.6. The van der Waals surface area contributed by atoms with E-state index >= 15 is 0 Å². The summed E-state index contributed by atoms with van der Waals surface area (Å²) in [4.78, 5) is 28.5. The van der Waals surface area contributed by atoms with E-state index < -0.39 is 28.5 Å². The van der Waals surface area contributed by atoms with Crippen LogP contribution >= 0.6 is 39.1 Å². The molecule has 0 radical (unpaired) electrons. The van der Waals surface area contributed by atoms with Gasteiger partial charge in [-0.25, -0.2) is 8.42 Å². The van der Waals surface area contributed by atoms with Gasteiger partial charge >= 0.3 is 0 Å². The second-order valence-electron chi connectivity index (χ2n) is 9.57. The number of benzene rings is 3. The van der Waals surface area contributed by atoms with Crippen LogP contribution in [0.4, 0.5) is 5.69 Å². The Morgan fingerprint density at radius 1 is 0.950 bits per heavy atom. The standard InChI is InChI=1S/C29H32BrCl2N3O4S/c1-5-20(3)33-29(37)21(4)34(17-22-8-10-23(30)11-9-22)28(36)18-35(24-12-15-26(31)27(32)16-24)40(38,39)25-13-6-19(2)7-14-25/h6-16,20-21H,5,17-18H2,1-4H3,(H,33,37). The van der Waals surface area contributed by atoms with Crippen LogP contribution in [0.15, 0.2) is 76.1 Å². The lowest BCUT2D eigenvalue weighted by molar-refractivity contribution is -0.139. The fourth-order valence-electron chi connectivity index (χ4n) is 3.84. The second kappa shape index (κ2) is 13.9. The number of anilines is 1. The van der Waals surface area contributed by atoms with E-state index in [9.17, 15) is 18.0 Å². The van der Waals surface area contributed by atoms with Crippen molar-refractivity contribution in [2.45, 2.75) is 57.6 Å². The van der Waals surface area contributed by atoms with Crippen LogP contribution < -0.4 is 9.62 Å². The van der Waals surface area contributed by atoms with E-state index in [2.05, 4.69) is 21.2 Å². The molecule has 1 N–H and O–H groups in total. The van der Waals surface area contributed by atoms with Gasteiger partial charge in [-0.3, -0.25) is 13.9 Å². The summed E-state index contributed by atoms with van der Waals surface area (Å²) in [6, 6.07) is 17.1. The molecule has 0 saturated heterocycles. The SMILES string of the molecule is CCC(C)NC(=O)C(C)N(Cc1ccc(Br)cc1)C(=O)CN(c1ccc(Cl)c(Cl)c1)S(=O)(=O)c1ccc(C)cc1. The second-order valence-corrected chi connectivity index (χ2v) is 13.2. The molecular formula is C29H32BrCl2N3O4S. The number of amides is 2. The summed E-state index contributed by atoms with van der Waals surface area (Å²) in [5.41, 5.74) is 1.84. The molecule has 0 bridgehead atoms. The molecule has 0 saturated carbocycles. The third-order valence-corrected chi connectivity index (χ3v) is 9.57. The Bertz CT molecular complexity index is 1450. The van der Waals surface area contributed by atoms with Crippen LogP contribution in [0.5, 0.6) is 0 Å². The summed E-state index contributed by atoms with van der Waals surface area (Å²) in [6.45, 7) is 6.85. The van der Waals surface area contributed by atoms with Gasteiger partial charge in [-0.15, -0.1) is 0 Å². The summed E-state index contributed by atoms with van der Waals surface area (Å²) >= 11 is 15.7. The Kier molecular flexibility index (Phi) is 11.1. The molecule has 0 fully saturated rings. The first-order valence-corrected chi connectivity index (χ1v) is 15.7. The predicted molar refractivity (Wildman–Crippen MR) is 164 cm³/mol. The zero-order valence-electron chi connectivity index (χ0n) is 22.7. The number of nitrogens with zero attached hydrogens (tertiary/aromatic N) is 2. The molecule has 0 aliphatic heterocycles. The van der Waals surface area contributed by atoms with Crippen LogP contribution in [0.2, 0.25) is 10.0 Å². The van der Waals surface area contributed by atoms with Crippen LogP contribution in [-0.2, 0) is 26.2 Å². The third kappa shape index (κ3) is 8.00. The Balaban J connectivity index is 2.04. The van der Waals surface area contributed by atoms with Crippen molar-refractivity contribution in [1.29, 1.82) is 0 Å². The maximum Gasteiger partial charge on any atom is 0.264 e. The minimum absolute atomic E-state index is 0.0130. The largest absolute Gasteiger partial charge is 0.352 e. The highest BCUT2D eigenvalue weighted by molar-refractivity contribution is 9.10. The number of hydrogen-bond donors (Lipinski definition) is 1. The molecule has 3 aromatic carbocycles. The molecule has 0 aromatic heterocycles. The predicted octanol–water partition coefficient (Wildman–Crippen LogP) is 6.59. The lowest BCUT2D eigenvalue weighted by Gasteiger charge is -2.32. The number of halogens is 3. The van der Waals surface area contributed by atoms with E-state index in [0.717, 1.165) is 26.3 Å². The van der Waals surface area contributed by atoms with Crippen LogP contribution in [0, 0.1) is 6.92 Å². The topological polar surface area (TPSA) is 86.8 Å². The smallest absolute Gasteiger partial charge is 0.264 e. The molecule has 2 unspecified atom stereocenters. The lowest BCUT2D eigenvalue weighted by Crippen LogP contribution is -2.52. The van der Waals surface area contributed by atoms with Crippen LogP contribution in [0.1, 0.15) is 38.3 Å². The maximum absolute atomic E-state index is 14.0. The summed E-state index contributed by atoms with van der Waals surface area (Å²) in [5, 5.41) is 3.30. The van der Waals surface area contributed by atoms with Crippen molar-refractivity contribution in [3.63, 3.8) is 0 Å². The Morgan fingerprint density at radius 3 is 2.15 bits per heavy atom. The van der Waals surface area contributed by atoms with E-state index in [1.807, 2.05) is 45.0 Å². The van der Waals surface area contributed by atoms with E-state index in [1.54, 1.807) is 19.1 Å². The Morgan fingerprint density at radius 2 is 1.57 bits per heavy atom. The van der Waals surface area contributed by atoms with Gasteiger partial charge in [0.05, 0.1) is 20.6 Å². The number of rotatable bonds is 11. The molecule has 0 spiro atoms. The van der Waals surface area contributed by atoms with Crippen LogP contribution in [0.3, 0.4) is 0 Å². The number of sulfonamides is 1. The van der Waals surface area contributed by atoms with Crippen molar-refractivity contribution in [3.05, 3.63) is 92.4 Å². The molecule has 7 nitrogen and oxygen atoms in total. The molecular weight excluding hydrogens is 637 g/mol. The van der Waals surface area contributed by atoms with Gasteiger partial charge in [0.1, 0.15) is 12.6 Å². The number of nitrogens with one attached hydrogen (secondary N) is 1. The van der Waals surface area contributed by atoms with Crippen molar-refractivity contribution in [2.24, 2.45) is 0 Å². The minimum Gasteiger partial charge on any atom is -0.352 e. The Hall–Kier alpha value is -2.59. The van der Waals surface area contributed by atoms with E-state index in [1.165, 1.54) is 35.2 Å². The van der Waals surface area contributed by atoms with E-state index in [-0.39, 0.29) is 39.1 Å². The van der Waals surface area contributed by atoms with Crippen molar-refractivity contribution in [1.82, 2.24) is 10.2 Å². The molecule has 3 aromatic rings. The normalized spacial score (nSPS) is 12.9. The number of hydrogen-bond acceptors (Lipinski definition) is 4. The van der Waals surface area contributed by atoms with Gasteiger partial charge in [0, 0.05) is 17.1 Å². The first-order chi connectivity index (χ1) is 18.8. The van der Waals surface area contributed by atoms with Gasteiger partial charge in [-0.2, -0.15) is 0 Å². The molecule has 40 heavy (non-hydrogen) atoms. The fraction of sp³-hybridized carbons (Fsp3) is 0.310. The molecule has 0 heterocycles. The number of carbonyl (C=O) groups is 2. The van der Waals surface area contributed by atoms with Gasteiger partial charge in [0.15, 0.2) is 0 Å². The average molecular weight is 669 g/mol. The van der Waals surface area contributed by atoms with Crippen molar-refractivity contribution < 1.29 is 18.0 Å². The number of carbonyl (C=O) groups excluding carboxylic acids is 2. The molecule has 2 amide bonds. The van der Waals surface area contributed by atoms with Crippen molar-refractivity contribution in [2.75, 3.05) is 10.8 Å². The summed E-state index contributed by atoms with van der Waals surface area (Å²) in [6.07, 6.45) is 0.721. The van der Waals surface area contributed by atoms with Gasteiger partial charge in [0.25, 0.3) is 10.0 Å². The number of aryl methyl sites for hydroxylation is 1. The van der Waals surface area contributed by atoms with Crippen molar-refractivity contribution in [3.8, 4) is 0 Å². The monoisotopic (exact) mass is 667 g/mol. The van der Waals surface area contributed by atoms with Crippen LogP contribution in [0.25, 0.3) is 0 Å². The molecule has 0 aliphatic rings. The van der Waals surface area contributed by atoms with Crippen molar-refractivity contribution >= 4 is 66.7 Å². The highest BCUT2D eigenvalue weighted by Crippen LogP contribution is 2.31. The fourth-order valence-corrected chi connectivity index (χ4v) is 5.80. The summed E-state index contributed by atoms with van der Waals surface area (Å²) in [5.74, 6) is -0.890. The highest BCUT2D eigenvalue weighted by Gasteiger charge is 2.33. The van der Waals surface area contributed by atoms with Crippen LogP contribution in [-0.4, -0.2) is 43.8 Å². The van der Waals surface area contributed by atoms with Gasteiger partial charge in [0.2, 0.25) is 11.8 Å². The van der Waals surface area contributed by atoms with Gasteiger partial charge < -0.3 is 10.2 Å². The molecule has 11 heteroatoms. The summed E-state index contributed by atoms with van der Waals surface area (Å²) in [7, 11) is -4.20. The van der Waals surface area contributed by atoms with E-state index in [4.69, 9.17) is 23.2 Å². The Labute approximate surface area is 254 Å². The average Bonchev–Trinajstić information content (AvgIpc) is 2.92. The highest BCUT2D eigenvalue weighted by atomic mass is 79.9. The van der Waals surface area contributed by atoms with E-state index in [0.29, 0.717) is 0 Å².